The molecule has 102 valence electrons. The van der Waals surface area contributed by atoms with Crippen molar-refractivity contribution in [2.24, 2.45) is 17.6 Å². The molecule has 19 heavy (non-hydrogen) atoms. The number of rotatable bonds is 2. The maximum atomic E-state index is 12.3. The molecule has 0 spiro atoms. The third kappa shape index (κ3) is 2.78. The van der Waals surface area contributed by atoms with Crippen LogP contribution in [-0.2, 0) is 11.2 Å². The van der Waals surface area contributed by atoms with E-state index in [1.807, 2.05) is 17.0 Å². The highest BCUT2D eigenvalue weighted by Gasteiger charge is 2.38. The van der Waals surface area contributed by atoms with E-state index in [1.54, 1.807) is 12.4 Å². The first-order chi connectivity index (χ1) is 9.22. The second kappa shape index (κ2) is 5.29. The summed E-state index contributed by atoms with van der Waals surface area (Å²) in [5.41, 5.74) is 7.02. The third-order valence-electron chi connectivity index (χ3n) is 4.52. The lowest BCUT2D eigenvalue weighted by Crippen LogP contribution is -2.32. The number of nitrogens with zero attached hydrogens (tertiary/aromatic N) is 2. The molecule has 0 bridgehead atoms. The van der Waals surface area contributed by atoms with Crippen LogP contribution in [0.5, 0.6) is 0 Å². The Morgan fingerprint density at radius 2 is 2.21 bits per heavy atom. The van der Waals surface area contributed by atoms with Gasteiger partial charge in [-0.15, -0.1) is 0 Å². The summed E-state index contributed by atoms with van der Waals surface area (Å²) in [6, 6.07) is 4.18. The minimum absolute atomic E-state index is 0.232. The molecule has 1 aromatic rings. The van der Waals surface area contributed by atoms with Crippen LogP contribution in [0.1, 0.15) is 24.8 Å². The molecule has 4 heteroatoms. The van der Waals surface area contributed by atoms with Crippen molar-refractivity contribution in [3.63, 3.8) is 0 Å². The Bertz CT molecular complexity index is 448. The summed E-state index contributed by atoms with van der Waals surface area (Å²) >= 11 is 0. The van der Waals surface area contributed by atoms with Crippen LogP contribution in [0, 0.1) is 11.8 Å². The van der Waals surface area contributed by atoms with Gasteiger partial charge in [0.1, 0.15) is 0 Å². The van der Waals surface area contributed by atoms with Crippen LogP contribution in [0.2, 0.25) is 0 Å². The number of nitrogens with two attached hydrogens (primary N) is 1. The Morgan fingerprint density at radius 1 is 1.37 bits per heavy atom. The molecular weight excluding hydrogens is 238 g/mol. The van der Waals surface area contributed by atoms with Crippen molar-refractivity contribution in [1.29, 1.82) is 0 Å². The molecule has 3 rings (SSSR count). The second-order valence-electron chi connectivity index (χ2n) is 5.93. The number of amides is 1. The van der Waals surface area contributed by atoms with E-state index in [9.17, 15) is 4.79 Å². The SMILES string of the molecule is NC1CC[C@@H]2CN(C(=O)Cc3cccnc3)C[C@@H]2C1. The van der Waals surface area contributed by atoms with Gasteiger partial charge in [-0.1, -0.05) is 6.07 Å². The fourth-order valence-electron chi connectivity index (χ4n) is 3.46. The van der Waals surface area contributed by atoms with Crippen molar-refractivity contribution in [2.45, 2.75) is 31.7 Å². The molecule has 0 aromatic carbocycles. The lowest BCUT2D eigenvalue weighted by atomic mass is 9.79. The number of carbonyl (C=O) groups excluding carboxylic acids is 1. The van der Waals surface area contributed by atoms with Crippen LogP contribution in [0.25, 0.3) is 0 Å². The molecule has 1 unspecified atom stereocenters. The van der Waals surface area contributed by atoms with Crippen LogP contribution in [0.15, 0.2) is 24.5 Å². The van der Waals surface area contributed by atoms with E-state index in [1.165, 1.54) is 6.42 Å². The third-order valence-corrected chi connectivity index (χ3v) is 4.52. The lowest BCUT2D eigenvalue weighted by Gasteiger charge is -2.27. The minimum Gasteiger partial charge on any atom is -0.342 e. The van der Waals surface area contributed by atoms with Gasteiger partial charge in [-0.2, -0.15) is 0 Å². The van der Waals surface area contributed by atoms with Crippen molar-refractivity contribution in [2.75, 3.05) is 13.1 Å². The number of pyridine rings is 1. The highest BCUT2D eigenvalue weighted by Crippen LogP contribution is 2.35. The van der Waals surface area contributed by atoms with Gasteiger partial charge < -0.3 is 10.6 Å². The summed E-state index contributed by atoms with van der Waals surface area (Å²) < 4.78 is 0. The highest BCUT2D eigenvalue weighted by molar-refractivity contribution is 5.79. The van der Waals surface area contributed by atoms with E-state index in [4.69, 9.17) is 5.73 Å². The molecule has 4 nitrogen and oxygen atoms in total. The molecule has 1 saturated carbocycles. The lowest BCUT2D eigenvalue weighted by molar-refractivity contribution is -0.129. The predicted molar refractivity (Wildman–Crippen MR) is 73.3 cm³/mol. The van der Waals surface area contributed by atoms with Crippen LogP contribution >= 0.6 is 0 Å². The van der Waals surface area contributed by atoms with E-state index < -0.39 is 0 Å². The molecule has 1 aliphatic carbocycles. The standard InChI is InChI=1S/C15H21N3O/c16-14-4-3-12-9-18(10-13(12)7-14)15(19)6-11-2-1-5-17-8-11/h1-2,5,8,12-14H,3-4,6-7,9-10,16H2/t12-,13+,14?/m1/s1. The van der Waals surface area contributed by atoms with Gasteiger partial charge in [0.25, 0.3) is 0 Å². The molecule has 2 N–H and O–H groups in total. The molecule has 1 aliphatic heterocycles. The van der Waals surface area contributed by atoms with Crippen molar-refractivity contribution in [1.82, 2.24) is 9.88 Å². The zero-order valence-corrected chi connectivity index (χ0v) is 11.2. The largest absolute Gasteiger partial charge is 0.342 e. The van der Waals surface area contributed by atoms with Crippen molar-refractivity contribution in [3.8, 4) is 0 Å². The summed E-state index contributed by atoms with van der Waals surface area (Å²) in [6.45, 7) is 1.83. The molecule has 1 amide bonds. The fourth-order valence-corrected chi connectivity index (χ4v) is 3.46. The maximum absolute atomic E-state index is 12.3. The minimum atomic E-state index is 0.232. The number of aromatic nitrogens is 1. The Hall–Kier alpha value is -1.42. The summed E-state index contributed by atoms with van der Waals surface area (Å²) in [7, 11) is 0. The average Bonchev–Trinajstić information content (AvgIpc) is 2.83. The Balaban J connectivity index is 1.60. The first-order valence-electron chi connectivity index (χ1n) is 7.14. The summed E-state index contributed by atoms with van der Waals surface area (Å²) in [5.74, 6) is 1.54. The van der Waals surface area contributed by atoms with Crippen molar-refractivity contribution >= 4 is 5.91 Å². The van der Waals surface area contributed by atoms with E-state index in [2.05, 4.69) is 4.98 Å². The molecule has 2 aliphatic rings. The number of fused-ring (bicyclic) bond motifs is 1. The molecule has 1 aromatic heterocycles. The summed E-state index contributed by atoms with van der Waals surface area (Å²) in [5, 5.41) is 0. The topological polar surface area (TPSA) is 59.2 Å². The summed E-state index contributed by atoms with van der Waals surface area (Å²) in [4.78, 5) is 18.4. The van der Waals surface area contributed by atoms with Gasteiger partial charge in [0.05, 0.1) is 6.42 Å². The predicted octanol–water partition coefficient (Wildman–Crippen LogP) is 1.21. The van der Waals surface area contributed by atoms with Crippen LogP contribution < -0.4 is 5.73 Å². The quantitative estimate of drug-likeness (QED) is 0.868. The van der Waals surface area contributed by atoms with Crippen LogP contribution in [-0.4, -0.2) is 34.9 Å². The zero-order chi connectivity index (χ0) is 13.2. The smallest absolute Gasteiger partial charge is 0.227 e. The van der Waals surface area contributed by atoms with Gasteiger partial charge in [-0.25, -0.2) is 0 Å². The van der Waals surface area contributed by atoms with E-state index in [-0.39, 0.29) is 5.91 Å². The fraction of sp³-hybridized carbons (Fsp3) is 0.600. The zero-order valence-electron chi connectivity index (χ0n) is 11.2. The number of likely N-dealkylation sites (tertiary alicyclic amines) is 1. The maximum Gasteiger partial charge on any atom is 0.227 e. The molecule has 3 atom stereocenters. The number of hydrogen-bond acceptors (Lipinski definition) is 3. The number of hydrogen-bond donors (Lipinski definition) is 1. The normalized spacial score (nSPS) is 30.2. The number of carbonyl (C=O) groups is 1. The molecule has 1 saturated heterocycles. The van der Waals surface area contributed by atoms with Gasteiger partial charge >= 0.3 is 0 Å². The Labute approximate surface area is 114 Å². The first kappa shape index (κ1) is 12.6. The van der Waals surface area contributed by atoms with Crippen LogP contribution in [0.4, 0.5) is 0 Å². The average molecular weight is 259 g/mol. The van der Waals surface area contributed by atoms with Crippen LogP contribution in [0.3, 0.4) is 0 Å². The van der Waals surface area contributed by atoms with E-state index in [0.717, 1.165) is 31.5 Å². The van der Waals surface area contributed by atoms with Crippen molar-refractivity contribution in [3.05, 3.63) is 30.1 Å². The van der Waals surface area contributed by atoms with Gasteiger partial charge in [0, 0.05) is 31.5 Å². The summed E-state index contributed by atoms with van der Waals surface area (Å²) in [6.07, 6.45) is 7.37. The van der Waals surface area contributed by atoms with E-state index >= 15 is 0 Å². The van der Waals surface area contributed by atoms with E-state index in [0.29, 0.717) is 24.3 Å². The molecule has 0 radical (unpaired) electrons. The molecular formula is C15H21N3O. The Morgan fingerprint density at radius 3 is 3.00 bits per heavy atom. The molecule has 2 heterocycles. The van der Waals surface area contributed by atoms with Gasteiger partial charge in [0.2, 0.25) is 5.91 Å². The highest BCUT2D eigenvalue weighted by atomic mass is 16.2. The first-order valence-corrected chi connectivity index (χ1v) is 7.14. The van der Waals surface area contributed by atoms with Crippen molar-refractivity contribution < 1.29 is 4.79 Å². The second-order valence-corrected chi connectivity index (χ2v) is 5.93. The van der Waals surface area contributed by atoms with Gasteiger partial charge in [-0.05, 0) is 42.7 Å². The van der Waals surface area contributed by atoms with Gasteiger partial charge in [0.15, 0.2) is 0 Å². The molecule has 2 fully saturated rings. The van der Waals surface area contributed by atoms with Gasteiger partial charge in [-0.3, -0.25) is 9.78 Å². The Kier molecular flexibility index (Phi) is 3.51. The monoisotopic (exact) mass is 259 g/mol.